The van der Waals surface area contributed by atoms with Crippen molar-refractivity contribution in [2.75, 3.05) is 13.2 Å². The summed E-state index contributed by atoms with van der Waals surface area (Å²) in [5, 5.41) is 9.02. The SMILES string of the molecule is O=S(=O)(OCC(CO)c1ccccc1)C(F)(F)F.[Pt]. The van der Waals surface area contributed by atoms with E-state index in [4.69, 9.17) is 5.11 Å². The van der Waals surface area contributed by atoms with Crippen LogP contribution >= 0.6 is 0 Å². The molecule has 1 rings (SSSR count). The standard InChI is InChI=1S/C10H11F3O4S.Pt/c11-10(12,13)18(15,16)17-7-9(6-14)8-4-2-1-3-5-8;/h1-5,9,14H,6-7H2;. The fourth-order valence-corrected chi connectivity index (χ4v) is 1.70. The third-order valence-corrected chi connectivity index (χ3v) is 3.21. The third-order valence-electron chi connectivity index (χ3n) is 2.20. The van der Waals surface area contributed by atoms with Gasteiger partial charge in [0, 0.05) is 27.0 Å². The molecule has 0 heterocycles. The molecular formula is C10H11F3O4PtS. The van der Waals surface area contributed by atoms with Crippen LogP contribution in [0, 0.1) is 0 Å². The number of aliphatic hydroxyl groups is 1. The smallest absolute Gasteiger partial charge is 0.396 e. The second-order valence-corrected chi connectivity index (χ2v) is 5.08. The van der Waals surface area contributed by atoms with E-state index in [0.29, 0.717) is 5.56 Å². The summed E-state index contributed by atoms with van der Waals surface area (Å²) < 4.78 is 61.3. The first-order valence-corrected chi connectivity index (χ1v) is 6.30. The molecule has 0 spiro atoms. The molecule has 4 nitrogen and oxygen atoms in total. The molecule has 1 aromatic carbocycles. The predicted octanol–water partition coefficient (Wildman–Crippen LogP) is 1.63. The predicted molar refractivity (Wildman–Crippen MR) is 57.2 cm³/mol. The van der Waals surface area contributed by atoms with Crippen LogP contribution in [0.3, 0.4) is 0 Å². The third kappa shape index (κ3) is 5.22. The van der Waals surface area contributed by atoms with Crippen LogP contribution in [-0.2, 0) is 35.4 Å². The summed E-state index contributed by atoms with van der Waals surface area (Å²) in [6, 6.07) is 8.05. The number of hydrogen-bond acceptors (Lipinski definition) is 4. The number of hydrogen-bond donors (Lipinski definition) is 1. The van der Waals surface area contributed by atoms with Crippen molar-refractivity contribution in [3.05, 3.63) is 35.9 Å². The number of benzene rings is 1. The molecule has 0 amide bonds. The van der Waals surface area contributed by atoms with E-state index in [1.54, 1.807) is 30.3 Å². The van der Waals surface area contributed by atoms with Gasteiger partial charge in [-0.25, -0.2) is 0 Å². The van der Waals surface area contributed by atoms with Gasteiger partial charge in [0.15, 0.2) is 0 Å². The van der Waals surface area contributed by atoms with Crippen LogP contribution in [0.15, 0.2) is 30.3 Å². The minimum absolute atomic E-state index is 0. The number of halogens is 3. The van der Waals surface area contributed by atoms with E-state index in [1.807, 2.05) is 0 Å². The maximum absolute atomic E-state index is 12.0. The Labute approximate surface area is 123 Å². The summed E-state index contributed by atoms with van der Waals surface area (Å²) in [6.07, 6.45) is 0. The summed E-state index contributed by atoms with van der Waals surface area (Å²) in [7, 11) is -5.62. The van der Waals surface area contributed by atoms with Gasteiger partial charge in [0.05, 0.1) is 13.2 Å². The molecule has 0 aliphatic rings. The van der Waals surface area contributed by atoms with Crippen molar-refractivity contribution in [3.63, 3.8) is 0 Å². The second-order valence-electron chi connectivity index (χ2n) is 3.47. The van der Waals surface area contributed by atoms with Crippen molar-refractivity contribution in [1.82, 2.24) is 0 Å². The number of rotatable bonds is 5. The van der Waals surface area contributed by atoms with Crippen LogP contribution in [0.4, 0.5) is 13.2 Å². The van der Waals surface area contributed by atoms with E-state index in [0.717, 1.165) is 0 Å². The molecule has 0 radical (unpaired) electrons. The molecule has 112 valence electrons. The van der Waals surface area contributed by atoms with Gasteiger partial charge in [0.2, 0.25) is 0 Å². The quantitative estimate of drug-likeness (QED) is 0.516. The largest absolute Gasteiger partial charge is 0.523 e. The van der Waals surface area contributed by atoms with Crippen LogP contribution in [0.1, 0.15) is 11.5 Å². The Hall–Kier alpha value is -0.432. The van der Waals surface area contributed by atoms with Gasteiger partial charge in [-0.15, -0.1) is 0 Å². The van der Waals surface area contributed by atoms with Crippen LogP contribution in [0.2, 0.25) is 0 Å². The van der Waals surface area contributed by atoms with Gasteiger partial charge in [0.1, 0.15) is 0 Å². The first-order chi connectivity index (χ1) is 8.28. The van der Waals surface area contributed by atoms with Gasteiger partial charge in [0.25, 0.3) is 0 Å². The molecule has 19 heavy (non-hydrogen) atoms. The van der Waals surface area contributed by atoms with Gasteiger partial charge >= 0.3 is 15.6 Å². The minimum atomic E-state index is -5.62. The summed E-state index contributed by atoms with van der Waals surface area (Å²) in [5.41, 5.74) is -4.96. The Kier molecular flexibility index (Phi) is 7.21. The van der Waals surface area contributed by atoms with Crippen LogP contribution in [0.25, 0.3) is 0 Å². The van der Waals surface area contributed by atoms with E-state index < -0.39 is 34.8 Å². The summed E-state index contributed by atoms with van der Waals surface area (Å²) in [5.74, 6) is -0.830. The van der Waals surface area contributed by atoms with E-state index >= 15 is 0 Å². The van der Waals surface area contributed by atoms with Crippen molar-refractivity contribution in [2.45, 2.75) is 11.4 Å². The van der Waals surface area contributed by atoms with Gasteiger partial charge in [-0.05, 0) is 5.56 Å². The number of aliphatic hydroxyl groups excluding tert-OH is 1. The molecule has 0 saturated carbocycles. The van der Waals surface area contributed by atoms with Gasteiger partial charge < -0.3 is 5.11 Å². The Morgan fingerprint density at radius 1 is 1.21 bits per heavy atom. The Bertz CT molecular complexity index is 475. The normalized spacial score (nSPS) is 13.7. The number of alkyl halides is 3. The summed E-state index contributed by atoms with van der Waals surface area (Å²) in [4.78, 5) is 0. The molecule has 0 aliphatic heterocycles. The first-order valence-electron chi connectivity index (χ1n) is 4.89. The molecule has 0 aromatic heterocycles. The van der Waals surface area contributed by atoms with E-state index in [2.05, 4.69) is 4.18 Å². The molecule has 0 fully saturated rings. The van der Waals surface area contributed by atoms with Gasteiger partial charge in [-0.3, -0.25) is 4.18 Å². The zero-order chi connectivity index (χ0) is 13.8. The maximum atomic E-state index is 12.0. The fraction of sp³-hybridized carbons (Fsp3) is 0.400. The van der Waals surface area contributed by atoms with Crippen molar-refractivity contribution in [1.29, 1.82) is 0 Å². The molecule has 0 saturated heterocycles. The minimum Gasteiger partial charge on any atom is -0.396 e. The average Bonchev–Trinajstić information content (AvgIpc) is 2.29. The topological polar surface area (TPSA) is 63.6 Å². The molecule has 9 heteroatoms. The Morgan fingerprint density at radius 3 is 2.16 bits per heavy atom. The molecule has 1 N–H and O–H groups in total. The van der Waals surface area contributed by atoms with Crippen LogP contribution < -0.4 is 0 Å². The van der Waals surface area contributed by atoms with Crippen molar-refractivity contribution < 1.29 is 51.9 Å². The molecule has 1 unspecified atom stereocenters. The molecule has 0 bridgehead atoms. The van der Waals surface area contributed by atoms with Crippen LogP contribution in [-0.4, -0.2) is 32.2 Å². The fourth-order valence-electron chi connectivity index (χ4n) is 1.22. The molecule has 1 atom stereocenters. The zero-order valence-electron chi connectivity index (χ0n) is 9.41. The Morgan fingerprint density at radius 2 is 1.74 bits per heavy atom. The van der Waals surface area contributed by atoms with Crippen molar-refractivity contribution in [2.24, 2.45) is 0 Å². The van der Waals surface area contributed by atoms with Gasteiger partial charge in [-0.2, -0.15) is 21.6 Å². The van der Waals surface area contributed by atoms with Crippen LogP contribution in [0.5, 0.6) is 0 Å². The molecule has 1 aromatic rings. The average molecular weight is 479 g/mol. The second kappa shape index (κ2) is 7.38. The summed E-state index contributed by atoms with van der Waals surface area (Å²) >= 11 is 0. The van der Waals surface area contributed by atoms with Crippen molar-refractivity contribution >= 4 is 10.1 Å². The van der Waals surface area contributed by atoms with Crippen molar-refractivity contribution in [3.8, 4) is 0 Å². The summed E-state index contributed by atoms with van der Waals surface area (Å²) in [6.45, 7) is -1.28. The zero-order valence-corrected chi connectivity index (χ0v) is 12.5. The van der Waals surface area contributed by atoms with E-state index in [-0.39, 0.29) is 21.1 Å². The molecular weight excluding hydrogens is 468 g/mol. The first kappa shape index (κ1) is 18.6. The molecule has 0 aliphatic carbocycles. The Balaban J connectivity index is 0.00000324. The maximum Gasteiger partial charge on any atom is 0.523 e. The van der Waals surface area contributed by atoms with E-state index in [9.17, 15) is 21.6 Å². The van der Waals surface area contributed by atoms with E-state index in [1.165, 1.54) is 0 Å². The monoisotopic (exact) mass is 479 g/mol. The van der Waals surface area contributed by atoms with Gasteiger partial charge in [-0.1, -0.05) is 30.3 Å².